The quantitative estimate of drug-likeness (QED) is 0.663. The second kappa shape index (κ2) is 9.95. The molecule has 2 heterocycles. The van der Waals surface area contributed by atoms with Gasteiger partial charge in [-0.05, 0) is 62.5 Å². The molecule has 6 nitrogen and oxygen atoms in total. The average Bonchev–Trinajstić information content (AvgIpc) is 2.90. The molecule has 0 aromatic heterocycles. The van der Waals surface area contributed by atoms with Gasteiger partial charge in [-0.2, -0.15) is 0 Å². The highest BCUT2D eigenvalue weighted by Crippen LogP contribution is 2.36. The predicted molar refractivity (Wildman–Crippen MR) is 129 cm³/mol. The maximum Gasteiger partial charge on any atom is 0.240 e. The Balaban J connectivity index is 1.31. The summed E-state index contributed by atoms with van der Waals surface area (Å²) in [7, 11) is -3.63. The van der Waals surface area contributed by atoms with Crippen molar-refractivity contribution in [1.29, 1.82) is 0 Å². The number of benzene rings is 2. The summed E-state index contributed by atoms with van der Waals surface area (Å²) in [4.78, 5) is 15.6. The first-order chi connectivity index (χ1) is 15.3. The van der Waals surface area contributed by atoms with Gasteiger partial charge in [0.1, 0.15) is 0 Å². The van der Waals surface area contributed by atoms with E-state index in [4.69, 9.17) is 0 Å². The number of carbonyl (C=O) groups is 1. The first-order valence-electron chi connectivity index (χ1n) is 11.2. The second-order valence-electron chi connectivity index (χ2n) is 8.90. The molecule has 0 saturated carbocycles. The van der Waals surface area contributed by atoms with Gasteiger partial charge in [0, 0.05) is 29.7 Å². The zero-order valence-electron chi connectivity index (χ0n) is 18.6. The van der Waals surface area contributed by atoms with Crippen LogP contribution in [-0.4, -0.2) is 44.1 Å². The summed E-state index contributed by atoms with van der Waals surface area (Å²) in [5, 5.41) is 3.00. The fourth-order valence-electron chi connectivity index (χ4n) is 4.21. The molecule has 32 heavy (non-hydrogen) atoms. The van der Waals surface area contributed by atoms with Crippen molar-refractivity contribution in [3.63, 3.8) is 0 Å². The summed E-state index contributed by atoms with van der Waals surface area (Å²) < 4.78 is 28.6. The number of hydrogen-bond acceptors (Lipinski definition) is 5. The summed E-state index contributed by atoms with van der Waals surface area (Å²) in [6.45, 7) is 7.42. The molecular formula is C24H31N3O3S2. The van der Waals surface area contributed by atoms with Crippen LogP contribution in [0, 0.1) is 12.8 Å². The lowest BCUT2D eigenvalue weighted by molar-refractivity contribution is -0.116. The van der Waals surface area contributed by atoms with Gasteiger partial charge in [-0.15, -0.1) is 11.8 Å². The van der Waals surface area contributed by atoms with E-state index in [0.717, 1.165) is 37.4 Å². The molecule has 2 aliphatic rings. The molecule has 4 rings (SSSR count). The van der Waals surface area contributed by atoms with Crippen LogP contribution >= 0.6 is 11.8 Å². The van der Waals surface area contributed by atoms with Gasteiger partial charge in [0.15, 0.2) is 0 Å². The van der Waals surface area contributed by atoms with Crippen molar-refractivity contribution in [1.82, 2.24) is 9.62 Å². The molecule has 0 radical (unpaired) electrons. The minimum absolute atomic E-state index is 0.0799. The Morgan fingerprint density at radius 1 is 1.12 bits per heavy atom. The lowest BCUT2D eigenvalue weighted by Crippen LogP contribution is -2.38. The Hall–Kier alpha value is -1.87. The van der Waals surface area contributed by atoms with Crippen molar-refractivity contribution < 1.29 is 13.2 Å². The molecule has 0 aliphatic carbocycles. The maximum atomic E-state index is 12.9. The van der Waals surface area contributed by atoms with E-state index in [2.05, 4.69) is 46.1 Å². The zero-order valence-corrected chi connectivity index (χ0v) is 20.3. The molecule has 1 unspecified atom stereocenters. The number of rotatable bonds is 6. The summed E-state index contributed by atoms with van der Waals surface area (Å²) in [6.07, 6.45) is 2.37. The molecule has 0 bridgehead atoms. The number of aryl methyl sites for hydroxylation is 1. The number of sulfonamides is 1. The van der Waals surface area contributed by atoms with E-state index < -0.39 is 10.0 Å². The topological polar surface area (TPSA) is 78.5 Å². The second-order valence-corrected chi connectivity index (χ2v) is 12.1. The monoisotopic (exact) mass is 473 g/mol. The van der Waals surface area contributed by atoms with Gasteiger partial charge >= 0.3 is 0 Å². The van der Waals surface area contributed by atoms with Crippen molar-refractivity contribution in [3.05, 3.63) is 53.6 Å². The van der Waals surface area contributed by atoms with Crippen molar-refractivity contribution >= 4 is 33.4 Å². The number of thioether (sulfide) groups is 1. The Morgan fingerprint density at radius 2 is 1.84 bits per heavy atom. The van der Waals surface area contributed by atoms with E-state index >= 15 is 0 Å². The summed E-state index contributed by atoms with van der Waals surface area (Å²) >= 11 is 1.59. The maximum absolute atomic E-state index is 12.9. The molecule has 172 valence electrons. The molecule has 2 N–H and O–H groups in total. The summed E-state index contributed by atoms with van der Waals surface area (Å²) in [5.41, 5.74) is 3.17. The normalized spacial score (nSPS) is 20.4. The number of nitrogens with one attached hydrogen (secondary N) is 2. The molecule has 0 spiro atoms. The van der Waals surface area contributed by atoms with Gasteiger partial charge in [0.2, 0.25) is 15.9 Å². The smallest absolute Gasteiger partial charge is 0.240 e. The largest absolute Gasteiger partial charge is 0.325 e. The fraction of sp³-hybridized carbons (Fsp3) is 0.458. The number of hydrogen-bond donors (Lipinski definition) is 2. The third kappa shape index (κ3) is 5.92. The van der Waals surface area contributed by atoms with E-state index in [0.29, 0.717) is 24.6 Å². The van der Waals surface area contributed by atoms with Crippen LogP contribution in [0.25, 0.3) is 0 Å². The Kier molecular flexibility index (Phi) is 7.24. The van der Waals surface area contributed by atoms with Crippen LogP contribution in [0.5, 0.6) is 0 Å². The van der Waals surface area contributed by atoms with E-state index in [1.54, 1.807) is 30.0 Å². The van der Waals surface area contributed by atoms with E-state index in [9.17, 15) is 13.2 Å². The molecule has 2 aromatic carbocycles. The van der Waals surface area contributed by atoms with Crippen molar-refractivity contribution in [2.45, 2.75) is 54.7 Å². The number of amides is 1. The van der Waals surface area contributed by atoms with Gasteiger partial charge in [-0.1, -0.05) is 36.8 Å². The van der Waals surface area contributed by atoms with Gasteiger partial charge in [-0.3, -0.25) is 9.69 Å². The Bertz CT molecular complexity index is 1060. The third-order valence-corrected chi connectivity index (χ3v) is 8.73. The van der Waals surface area contributed by atoms with Crippen LogP contribution in [-0.2, 0) is 21.4 Å². The molecule has 8 heteroatoms. The van der Waals surface area contributed by atoms with Crippen molar-refractivity contribution in [3.8, 4) is 0 Å². The average molecular weight is 474 g/mol. The van der Waals surface area contributed by atoms with E-state index in [-0.39, 0.29) is 16.1 Å². The molecule has 1 atom stereocenters. The number of fused-ring (bicyclic) bond motifs is 1. The molecule has 1 saturated heterocycles. The minimum atomic E-state index is -3.63. The van der Waals surface area contributed by atoms with Crippen molar-refractivity contribution in [2.24, 2.45) is 5.92 Å². The third-order valence-electron chi connectivity index (χ3n) is 6.13. The number of anilines is 1. The zero-order chi connectivity index (χ0) is 22.7. The molecule has 1 fully saturated rings. The minimum Gasteiger partial charge on any atom is -0.325 e. The summed E-state index contributed by atoms with van der Waals surface area (Å²) in [5.74, 6) is 0.250. The van der Waals surface area contributed by atoms with Crippen LogP contribution in [0.15, 0.2) is 52.3 Å². The predicted octanol–water partition coefficient (Wildman–Crippen LogP) is 4.01. The van der Waals surface area contributed by atoms with E-state index in [1.807, 2.05) is 6.92 Å². The molecule has 2 aliphatic heterocycles. The van der Waals surface area contributed by atoms with Crippen molar-refractivity contribution in [2.75, 3.05) is 25.0 Å². The Labute approximate surface area is 195 Å². The SMILES string of the molecule is Cc1ccc(CN2CCC(CNS(=O)(=O)c3ccc4c(c3)NC(=O)CC(C)S4)CC2)cc1. The van der Waals surface area contributed by atoms with Gasteiger partial charge in [0.05, 0.1) is 10.6 Å². The van der Waals surface area contributed by atoms with Crippen LogP contribution in [0.1, 0.15) is 37.3 Å². The standard InChI is InChI=1S/C24H31N3O3S2/c1-17-3-5-20(6-4-17)16-27-11-9-19(10-12-27)15-25-32(29,30)21-7-8-23-22(14-21)26-24(28)13-18(2)31-23/h3-8,14,18-19,25H,9-13,15-16H2,1-2H3,(H,26,28). The first kappa shape index (κ1) is 23.3. The first-order valence-corrected chi connectivity index (χ1v) is 13.5. The van der Waals surface area contributed by atoms with Crippen LogP contribution in [0.3, 0.4) is 0 Å². The lowest BCUT2D eigenvalue weighted by Gasteiger charge is -2.32. The van der Waals surface area contributed by atoms with Crippen LogP contribution < -0.4 is 10.0 Å². The number of carbonyl (C=O) groups excluding carboxylic acids is 1. The molecule has 2 aromatic rings. The lowest BCUT2D eigenvalue weighted by atomic mass is 9.97. The fourth-order valence-corrected chi connectivity index (χ4v) is 6.40. The number of nitrogens with zero attached hydrogens (tertiary/aromatic N) is 1. The highest BCUT2D eigenvalue weighted by atomic mass is 32.2. The number of likely N-dealkylation sites (tertiary alicyclic amines) is 1. The van der Waals surface area contributed by atoms with Gasteiger partial charge in [0.25, 0.3) is 0 Å². The van der Waals surface area contributed by atoms with Gasteiger partial charge < -0.3 is 5.32 Å². The van der Waals surface area contributed by atoms with Crippen LogP contribution in [0.4, 0.5) is 5.69 Å². The summed E-state index contributed by atoms with van der Waals surface area (Å²) in [6, 6.07) is 13.6. The highest BCUT2D eigenvalue weighted by Gasteiger charge is 2.24. The number of piperidine rings is 1. The Morgan fingerprint density at radius 3 is 2.56 bits per heavy atom. The van der Waals surface area contributed by atoms with Crippen LogP contribution in [0.2, 0.25) is 0 Å². The van der Waals surface area contributed by atoms with Gasteiger partial charge in [-0.25, -0.2) is 13.1 Å². The molecular weight excluding hydrogens is 442 g/mol. The van der Waals surface area contributed by atoms with E-state index in [1.165, 1.54) is 11.1 Å². The molecule has 1 amide bonds. The highest BCUT2D eigenvalue weighted by molar-refractivity contribution is 8.00.